The SMILES string of the molecule is C[C@@H]1COCCN1c1ccc(Nc2ccc(-c3cnc4cc(F)ccn34)c3c2C(=O)NC3)nc1CN(C)C. The number of anilines is 3. The number of nitrogens with zero attached hydrogens (tertiary/aromatic N) is 5. The number of imidazole rings is 1. The van der Waals surface area contributed by atoms with Gasteiger partial charge in [-0.05, 0) is 50.8 Å². The Bertz CT molecular complexity index is 1530. The number of ether oxygens (including phenoxy) is 1. The predicted octanol–water partition coefficient (Wildman–Crippen LogP) is 3.81. The summed E-state index contributed by atoms with van der Waals surface area (Å²) in [5.74, 6) is 0.189. The molecule has 2 N–H and O–H groups in total. The predicted molar refractivity (Wildman–Crippen MR) is 144 cm³/mol. The summed E-state index contributed by atoms with van der Waals surface area (Å²) in [4.78, 5) is 26.7. The maximum absolute atomic E-state index is 13.7. The van der Waals surface area contributed by atoms with Gasteiger partial charge in [-0.1, -0.05) is 6.07 Å². The highest BCUT2D eigenvalue weighted by Gasteiger charge is 2.28. The second-order valence-electron chi connectivity index (χ2n) is 10.1. The standard InChI is InChI=1S/C28H30FN7O2/c1-17-16-38-11-10-35(17)23-6-7-25(33-22(23)15-34(2)3)32-21-5-4-19(20-13-31-28(37)27(20)21)24-14-30-26-12-18(29)8-9-36(24)26/h4-9,12,14,17H,10-11,13,15-16H2,1-3H3,(H,31,37)(H,32,33)/t17-/m1/s1. The molecule has 0 unspecified atom stereocenters. The molecule has 1 amide bonds. The summed E-state index contributed by atoms with van der Waals surface area (Å²) in [5.41, 5.74) is 6.40. The van der Waals surface area contributed by atoms with Gasteiger partial charge in [0.15, 0.2) is 0 Å². The molecular weight excluding hydrogens is 485 g/mol. The lowest BCUT2D eigenvalue weighted by molar-refractivity contribution is 0.0966. The first-order valence-electron chi connectivity index (χ1n) is 12.7. The van der Waals surface area contributed by atoms with E-state index in [1.165, 1.54) is 12.1 Å². The third kappa shape index (κ3) is 4.35. The van der Waals surface area contributed by atoms with Crippen molar-refractivity contribution < 1.29 is 13.9 Å². The molecule has 0 spiro atoms. The molecule has 10 heteroatoms. The number of aromatic nitrogens is 3. The number of fused-ring (bicyclic) bond motifs is 2. The number of rotatable bonds is 6. The van der Waals surface area contributed by atoms with Crippen molar-refractivity contribution in [3.05, 3.63) is 71.4 Å². The van der Waals surface area contributed by atoms with E-state index in [1.807, 2.05) is 36.7 Å². The molecule has 196 valence electrons. The van der Waals surface area contributed by atoms with E-state index in [1.54, 1.807) is 12.4 Å². The maximum Gasteiger partial charge on any atom is 0.254 e. The molecule has 0 saturated carbocycles. The number of pyridine rings is 2. The largest absolute Gasteiger partial charge is 0.377 e. The second-order valence-corrected chi connectivity index (χ2v) is 10.1. The van der Waals surface area contributed by atoms with Gasteiger partial charge in [0, 0.05) is 43.5 Å². The minimum Gasteiger partial charge on any atom is -0.377 e. The second kappa shape index (κ2) is 9.70. The van der Waals surface area contributed by atoms with Gasteiger partial charge in [-0.2, -0.15) is 0 Å². The highest BCUT2D eigenvalue weighted by atomic mass is 19.1. The summed E-state index contributed by atoms with van der Waals surface area (Å²) in [6.45, 7) is 5.45. The number of morpholine rings is 1. The van der Waals surface area contributed by atoms with Crippen LogP contribution in [0.15, 0.2) is 48.8 Å². The Morgan fingerprint density at radius 3 is 2.92 bits per heavy atom. The fourth-order valence-corrected chi connectivity index (χ4v) is 5.31. The fraction of sp³-hybridized carbons (Fsp3) is 0.321. The van der Waals surface area contributed by atoms with Crippen molar-refractivity contribution in [2.45, 2.75) is 26.1 Å². The monoisotopic (exact) mass is 515 g/mol. The van der Waals surface area contributed by atoms with E-state index >= 15 is 0 Å². The van der Waals surface area contributed by atoms with Crippen molar-refractivity contribution in [1.82, 2.24) is 24.6 Å². The minimum absolute atomic E-state index is 0.142. The number of halogens is 1. The molecule has 0 radical (unpaired) electrons. The van der Waals surface area contributed by atoms with Gasteiger partial charge in [0.05, 0.1) is 47.7 Å². The molecule has 0 bridgehead atoms. The van der Waals surface area contributed by atoms with Gasteiger partial charge < -0.3 is 25.2 Å². The van der Waals surface area contributed by atoms with E-state index in [4.69, 9.17) is 9.72 Å². The topological polar surface area (TPSA) is 87.0 Å². The van der Waals surface area contributed by atoms with Gasteiger partial charge in [0.2, 0.25) is 0 Å². The molecule has 3 aromatic heterocycles. The van der Waals surface area contributed by atoms with Crippen molar-refractivity contribution >= 4 is 28.7 Å². The summed E-state index contributed by atoms with van der Waals surface area (Å²) >= 11 is 0. The Balaban J connectivity index is 1.37. The van der Waals surface area contributed by atoms with Crippen LogP contribution in [0.2, 0.25) is 0 Å². The van der Waals surface area contributed by atoms with Crippen LogP contribution in [-0.2, 0) is 17.8 Å². The quantitative estimate of drug-likeness (QED) is 0.404. The van der Waals surface area contributed by atoms with Crippen LogP contribution in [0.5, 0.6) is 0 Å². The molecule has 9 nitrogen and oxygen atoms in total. The van der Waals surface area contributed by atoms with Crippen LogP contribution < -0.4 is 15.5 Å². The zero-order chi connectivity index (χ0) is 26.4. The smallest absolute Gasteiger partial charge is 0.254 e. The van der Waals surface area contributed by atoms with Crippen molar-refractivity contribution in [3.63, 3.8) is 0 Å². The molecule has 2 aliphatic heterocycles. The zero-order valence-electron chi connectivity index (χ0n) is 21.7. The molecule has 1 aromatic carbocycles. The molecule has 6 rings (SSSR count). The minimum atomic E-state index is -0.341. The number of hydrogen-bond donors (Lipinski definition) is 2. The average molecular weight is 516 g/mol. The molecule has 1 atom stereocenters. The normalized spacial score (nSPS) is 17.2. The van der Waals surface area contributed by atoms with Crippen LogP contribution in [0.4, 0.5) is 21.6 Å². The van der Waals surface area contributed by atoms with Crippen LogP contribution in [0.3, 0.4) is 0 Å². The lowest BCUT2D eigenvalue weighted by Crippen LogP contribution is -2.44. The molecule has 1 saturated heterocycles. The van der Waals surface area contributed by atoms with E-state index < -0.39 is 0 Å². The summed E-state index contributed by atoms with van der Waals surface area (Å²) in [7, 11) is 4.05. The summed E-state index contributed by atoms with van der Waals surface area (Å²) in [6, 6.07) is 11.0. The van der Waals surface area contributed by atoms with E-state index in [0.29, 0.717) is 49.0 Å². The fourth-order valence-electron chi connectivity index (χ4n) is 5.31. The van der Waals surface area contributed by atoms with Gasteiger partial charge in [-0.15, -0.1) is 0 Å². The Labute approximate surface area is 220 Å². The lowest BCUT2D eigenvalue weighted by Gasteiger charge is -2.36. The summed E-state index contributed by atoms with van der Waals surface area (Å²) in [6.07, 6.45) is 3.36. The number of carbonyl (C=O) groups excluding carboxylic acids is 1. The summed E-state index contributed by atoms with van der Waals surface area (Å²) in [5, 5.41) is 6.35. The van der Waals surface area contributed by atoms with Crippen molar-refractivity contribution in [2.75, 3.05) is 44.1 Å². The molecule has 1 fully saturated rings. The van der Waals surface area contributed by atoms with Crippen LogP contribution in [0, 0.1) is 5.82 Å². The van der Waals surface area contributed by atoms with Crippen LogP contribution >= 0.6 is 0 Å². The Morgan fingerprint density at radius 1 is 1.24 bits per heavy atom. The summed E-state index contributed by atoms with van der Waals surface area (Å²) < 4.78 is 21.2. The molecule has 2 aliphatic rings. The third-order valence-electron chi connectivity index (χ3n) is 7.07. The van der Waals surface area contributed by atoms with Crippen LogP contribution in [-0.4, -0.2) is 65.1 Å². The van der Waals surface area contributed by atoms with E-state index in [-0.39, 0.29) is 17.8 Å². The van der Waals surface area contributed by atoms with Gasteiger partial charge in [-0.25, -0.2) is 14.4 Å². The molecular formula is C28H30FN7O2. The zero-order valence-corrected chi connectivity index (χ0v) is 21.7. The lowest BCUT2D eigenvalue weighted by atomic mass is 9.99. The van der Waals surface area contributed by atoms with Crippen molar-refractivity contribution in [3.8, 4) is 11.3 Å². The number of benzene rings is 1. The molecule has 38 heavy (non-hydrogen) atoms. The first-order chi connectivity index (χ1) is 18.4. The van der Waals surface area contributed by atoms with Crippen molar-refractivity contribution in [2.24, 2.45) is 0 Å². The van der Waals surface area contributed by atoms with E-state index in [2.05, 4.69) is 38.4 Å². The van der Waals surface area contributed by atoms with Gasteiger partial charge in [0.25, 0.3) is 5.91 Å². The van der Waals surface area contributed by atoms with Crippen molar-refractivity contribution in [1.29, 1.82) is 0 Å². The third-order valence-corrected chi connectivity index (χ3v) is 7.07. The van der Waals surface area contributed by atoms with Crippen LogP contribution in [0.1, 0.15) is 28.5 Å². The first-order valence-corrected chi connectivity index (χ1v) is 12.7. The van der Waals surface area contributed by atoms with E-state index in [9.17, 15) is 9.18 Å². The highest BCUT2D eigenvalue weighted by Crippen LogP contribution is 2.36. The number of nitrogens with one attached hydrogen (secondary N) is 2. The van der Waals surface area contributed by atoms with Gasteiger partial charge in [-0.3, -0.25) is 9.20 Å². The number of hydrogen-bond acceptors (Lipinski definition) is 7. The first kappa shape index (κ1) is 24.3. The van der Waals surface area contributed by atoms with Gasteiger partial charge in [0.1, 0.15) is 17.3 Å². The molecule has 0 aliphatic carbocycles. The Kier molecular flexibility index (Phi) is 6.21. The highest BCUT2D eigenvalue weighted by molar-refractivity contribution is 6.06. The average Bonchev–Trinajstić information content (AvgIpc) is 3.48. The Morgan fingerprint density at radius 2 is 2.11 bits per heavy atom. The number of carbonyl (C=O) groups is 1. The molecule has 4 aromatic rings. The Hall–Kier alpha value is -4.02. The van der Waals surface area contributed by atoms with Gasteiger partial charge >= 0.3 is 0 Å². The van der Waals surface area contributed by atoms with E-state index in [0.717, 1.165) is 34.7 Å². The number of amides is 1. The maximum atomic E-state index is 13.7. The molecule has 5 heterocycles. The van der Waals surface area contributed by atoms with Crippen LogP contribution in [0.25, 0.3) is 16.9 Å².